The van der Waals surface area contributed by atoms with Crippen LogP contribution in [-0.4, -0.2) is 78.2 Å². The predicted octanol–water partition coefficient (Wildman–Crippen LogP) is 35.9. The maximum absolute atomic E-state index is 15.4. The maximum Gasteiger partial charge on any atom is 0 e. The molecule has 12 aromatic carbocycles. The summed E-state index contributed by atoms with van der Waals surface area (Å²) in [5, 5.41) is 49.1. The van der Waals surface area contributed by atoms with Crippen LogP contribution in [0.3, 0.4) is 0 Å². The van der Waals surface area contributed by atoms with Crippen LogP contribution >= 0.6 is 0 Å². The SMILES string of the molecule is Cc1cc(-c2cc(C(C)(C)C)cc(C(C)(C)C)c2)c(O)c(-c2cc(F)ccc2O[CH2][Ge]([CH2]Oc2ccc(F)cc2-c2cc(C)cc(-c3cc(C(C)(C)C)cc(C(C)(C)C)c3)c2O)([CH](C)C)[CH](C)C)c1.Cc1cc(-c2cc(C(C)(C)C)cc(C(C)(C)C)c2)c(O)c(-c2cc(F)ccc2[OH+][CH2][Ge]([CH2][OH+]c2ccc(F)cc2-c2cc(C)cc(-c3cc(C(C)(C)C)cc(C(C)(C)C)c3)c2O)([CH](C)C)[CH](C)C)c1.[CH3-].[CH3-].[Zr]. The third kappa shape index (κ3) is 27.1. The van der Waals surface area contributed by atoms with E-state index in [0.717, 1.165) is 44.5 Å². The molecule has 0 saturated heterocycles. The van der Waals surface area contributed by atoms with E-state index in [9.17, 15) is 20.4 Å². The summed E-state index contributed by atoms with van der Waals surface area (Å²) in [7, 11) is 0. The molecule has 0 atom stereocenters. The standard InChI is InChI=1S/2C62H78F2GeO4.2CH3.Zr/c2*1-37(2)65(38(3)4,35-68-55-21-19-47(63)33-51(55)53-25-39(5)23-49(57(53)66)41-27-43(59(7,8)9)31-44(28-41)60(10,11)12)36-69-56-22-20-48(64)34-52(56)54-26-40(6)24-50(58(54)67)42-29-45(61(13,14)15)32-46(30-42)62(16,17)18;;;/h2*19-34,37-38,66-67H,35-36H2,1-18H3;2*1H3;/q;;2*-1;/p+2. The van der Waals surface area contributed by atoms with Gasteiger partial charge < -0.3 is 14.9 Å². The van der Waals surface area contributed by atoms with Crippen molar-refractivity contribution in [2.45, 2.75) is 312 Å². The van der Waals surface area contributed by atoms with Crippen molar-refractivity contribution < 1.29 is 83.1 Å². The molecular weight excluding hydrogens is 1950 g/mol. The maximum atomic E-state index is 15.4. The van der Waals surface area contributed by atoms with Crippen molar-refractivity contribution in [3.8, 4) is 135 Å². The zero-order chi connectivity index (χ0) is 103. The van der Waals surface area contributed by atoms with Crippen LogP contribution in [-0.2, 0) is 69.5 Å². The summed E-state index contributed by atoms with van der Waals surface area (Å²) in [5.74, 6) is 0.802. The number of aromatic hydroxyl groups is 6. The van der Waals surface area contributed by atoms with Gasteiger partial charge in [-0.1, -0.05) is 0 Å². The van der Waals surface area contributed by atoms with Crippen molar-refractivity contribution in [2.24, 2.45) is 0 Å². The summed E-state index contributed by atoms with van der Waals surface area (Å²) in [5.41, 5.74) is 24.4. The molecule has 8 nitrogen and oxygen atoms in total. The van der Waals surface area contributed by atoms with Gasteiger partial charge >= 0.3 is 836 Å². The molecule has 0 heterocycles. The zero-order valence-corrected chi connectivity index (χ0v) is 98.8. The number of aryl methyl sites for hydroxylation is 4. The monoisotopic (exact) mass is 2120 g/mol. The van der Waals surface area contributed by atoms with Gasteiger partial charge in [-0.05, 0) is 0 Å². The van der Waals surface area contributed by atoms with Crippen LogP contribution < -0.4 is 9.47 Å². The largest absolute Gasteiger partial charge is 0.358 e. The summed E-state index contributed by atoms with van der Waals surface area (Å²) in [6.45, 7) is 78.6. The Morgan fingerprint density at radius 2 is 0.433 bits per heavy atom. The van der Waals surface area contributed by atoms with Crippen LogP contribution in [0.15, 0.2) is 194 Å². The first kappa shape index (κ1) is 117. The molecule has 0 radical (unpaired) electrons. The Balaban J connectivity index is 0.000000338. The number of rotatable bonds is 24. The van der Waals surface area contributed by atoms with Crippen molar-refractivity contribution in [3.05, 3.63) is 299 Å². The fraction of sp³-hybridized carbons (Fsp3) is 0.413. The Morgan fingerprint density at radius 3 is 0.631 bits per heavy atom. The number of hydrogen-bond acceptors (Lipinski definition) is 6. The minimum atomic E-state index is -3.33. The molecule has 0 spiro atoms. The molecule has 12 rings (SSSR count). The molecule has 0 bridgehead atoms. The third-order valence-corrected chi connectivity index (χ3v) is 53.9. The number of halogens is 4. The third-order valence-electron chi connectivity index (χ3n) is 28.6. The van der Waals surface area contributed by atoms with E-state index in [-0.39, 0.29) is 126 Å². The molecule has 141 heavy (non-hydrogen) atoms. The fourth-order valence-electron chi connectivity index (χ4n) is 18.5. The summed E-state index contributed by atoms with van der Waals surface area (Å²) < 4.78 is 87.3. The number of hydrogen-bond donors (Lipinski definition) is 4. The molecular formula is C126H164F4Ge2O8Zr. The predicted molar refractivity (Wildman–Crippen MR) is 593 cm³/mol. The number of phenols is 4. The van der Waals surface area contributed by atoms with Crippen molar-refractivity contribution in [1.29, 1.82) is 0 Å². The van der Waals surface area contributed by atoms with Crippen LogP contribution in [0, 0.1) is 65.8 Å². The number of phenolic OH excluding ortho intramolecular Hbond substituents is 4. The van der Waals surface area contributed by atoms with E-state index in [2.05, 4.69) is 294 Å². The minimum Gasteiger partial charge on any atom is -0.358 e. The zero-order valence-electron chi connectivity index (χ0n) is 92.1. The van der Waals surface area contributed by atoms with Gasteiger partial charge in [-0.2, -0.15) is 0 Å². The number of aliphatic hydroxyl groups is 2. The first-order valence-corrected chi connectivity index (χ1v) is 60.2. The van der Waals surface area contributed by atoms with E-state index in [4.69, 9.17) is 18.9 Å². The Bertz CT molecular complexity index is 5570. The van der Waals surface area contributed by atoms with Gasteiger partial charge in [-0.15, -0.1) is 0 Å². The van der Waals surface area contributed by atoms with Crippen molar-refractivity contribution in [2.75, 3.05) is 21.8 Å². The smallest absolute Gasteiger partial charge is 0 e. The molecule has 756 valence electrons. The molecule has 0 aliphatic rings. The first-order valence-electron chi connectivity index (χ1n) is 49.4. The molecule has 0 fully saturated rings. The van der Waals surface area contributed by atoms with Crippen LogP contribution in [0.1, 0.15) is 288 Å². The van der Waals surface area contributed by atoms with Crippen LogP contribution in [0.5, 0.6) is 46.0 Å². The second-order valence-electron chi connectivity index (χ2n) is 48.9. The summed E-state index contributed by atoms with van der Waals surface area (Å²) in [4.78, 5) is 0. The molecule has 15 heteroatoms. The van der Waals surface area contributed by atoms with E-state index >= 15 is 17.6 Å². The van der Waals surface area contributed by atoms with Gasteiger partial charge in [-0.25, -0.2) is 0 Å². The summed E-state index contributed by atoms with van der Waals surface area (Å²) >= 11 is -6.54. The molecule has 12 aromatic rings. The van der Waals surface area contributed by atoms with Crippen LogP contribution in [0.2, 0.25) is 19.0 Å². The molecule has 0 saturated carbocycles. The fourth-order valence-corrected chi connectivity index (χ4v) is 34.1. The molecule has 0 unspecified atom stereocenters. The number of ether oxygens (including phenoxy) is 4. The van der Waals surface area contributed by atoms with Gasteiger partial charge in [0.1, 0.15) is 0 Å². The molecule has 6 N–H and O–H groups in total. The topological polar surface area (TPSA) is 125 Å². The van der Waals surface area contributed by atoms with Crippen molar-refractivity contribution in [3.63, 3.8) is 0 Å². The second-order valence-corrected chi connectivity index (χ2v) is 71.5. The van der Waals surface area contributed by atoms with Crippen LogP contribution in [0.25, 0.3) is 89.0 Å². The van der Waals surface area contributed by atoms with Gasteiger partial charge in [-0.3, -0.25) is 0 Å². The quantitative estimate of drug-likeness (QED) is 0.0207. The van der Waals surface area contributed by atoms with Crippen molar-refractivity contribution in [1.82, 2.24) is 0 Å². The second kappa shape index (κ2) is 44.3. The molecule has 0 aliphatic heterocycles. The van der Waals surface area contributed by atoms with Gasteiger partial charge in [0.05, 0.1) is 0 Å². The normalized spacial score (nSPS) is 12.6. The average molecular weight is 2120 g/mol. The first-order chi connectivity index (χ1) is 63.6. The van der Waals surface area contributed by atoms with E-state index in [1.165, 1.54) is 93.0 Å². The summed E-state index contributed by atoms with van der Waals surface area (Å²) in [6.07, 6.45) is 0. The molecule has 0 aromatic heterocycles. The Morgan fingerprint density at radius 1 is 0.248 bits per heavy atom. The molecule has 0 amide bonds. The minimum absolute atomic E-state index is 0. The van der Waals surface area contributed by atoms with E-state index in [0.29, 0.717) is 112 Å². The number of benzene rings is 12. The van der Waals surface area contributed by atoms with E-state index in [1.807, 2.05) is 76.2 Å². The summed E-state index contributed by atoms with van der Waals surface area (Å²) in [6, 6.07) is 60.4. The van der Waals surface area contributed by atoms with Crippen LogP contribution in [0.4, 0.5) is 17.6 Å². The van der Waals surface area contributed by atoms with Gasteiger partial charge in [0, 0.05) is 26.2 Å². The molecule has 0 aliphatic carbocycles. The Hall–Kier alpha value is -9.27. The van der Waals surface area contributed by atoms with E-state index in [1.54, 1.807) is 24.3 Å². The average Bonchev–Trinajstić information content (AvgIpc) is 0.772. The van der Waals surface area contributed by atoms with Gasteiger partial charge in [0.2, 0.25) is 0 Å². The van der Waals surface area contributed by atoms with Gasteiger partial charge in [0.25, 0.3) is 0 Å². The van der Waals surface area contributed by atoms with Crippen molar-refractivity contribution >= 4 is 26.5 Å². The van der Waals surface area contributed by atoms with E-state index < -0.39 is 49.8 Å². The van der Waals surface area contributed by atoms with Gasteiger partial charge in [0.15, 0.2) is 0 Å². The Kier molecular flexibility index (Phi) is 36.8. The Labute approximate surface area is 870 Å².